The van der Waals surface area contributed by atoms with Gasteiger partial charge in [0.25, 0.3) is 0 Å². The van der Waals surface area contributed by atoms with E-state index in [9.17, 15) is 13.2 Å². The van der Waals surface area contributed by atoms with E-state index in [4.69, 9.17) is 0 Å². The summed E-state index contributed by atoms with van der Waals surface area (Å²) in [6.45, 7) is 2.31. The fraction of sp³-hybridized carbons (Fsp3) is 0.214. The molecule has 0 amide bonds. The van der Waals surface area contributed by atoms with E-state index < -0.39 is 11.7 Å². The van der Waals surface area contributed by atoms with E-state index in [1.54, 1.807) is 31.2 Å². The first-order valence-corrected chi connectivity index (χ1v) is 6.79. The molecule has 0 saturated carbocycles. The predicted octanol–water partition coefficient (Wildman–Crippen LogP) is 4.96. The monoisotopic (exact) mass is 344 g/mol. The highest BCUT2D eigenvalue weighted by molar-refractivity contribution is 9.10. The Morgan fingerprint density at radius 2 is 1.90 bits per heavy atom. The highest BCUT2D eigenvalue weighted by Gasteiger charge is 2.31. The SMILES string of the molecule is CCNc1cc(C(F)(F)F)cc(-c2ccccc2Br)n1. The lowest BCUT2D eigenvalue weighted by molar-refractivity contribution is -0.137. The van der Waals surface area contributed by atoms with Gasteiger partial charge in [0.2, 0.25) is 0 Å². The van der Waals surface area contributed by atoms with Crippen molar-refractivity contribution in [1.29, 1.82) is 0 Å². The lowest BCUT2D eigenvalue weighted by Crippen LogP contribution is -2.08. The average Bonchev–Trinajstić information content (AvgIpc) is 2.38. The second kappa shape index (κ2) is 5.83. The summed E-state index contributed by atoms with van der Waals surface area (Å²) < 4.78 is 39.5. The van der Waals surface area contributed by atoms with Crippen LogP contribution in [0.4, 0.5) is 19.0 Å². The van der Waals surface area contributed by atoms with E-state index in [2.05, 4.69) is 26.2 Å². The number of rotatable bonds is 3. The van der Waals surface area contributed by atoms with Crippen LogP contribution in [-0.2, 0) is 6.18 Å². The quantitative estimate of drug-likeness (QED) is 0.850. The van der Waals surface area contributed by atoms with Gasteiger partial charge in [-0.05, 0) is 25.1 Å². The molecular formula is C14H12BrF3N2. The fourth-order valence-electron chi connectivity index (χ4n) is 1.77. The number of aromatic nitrogens is 1. The molecule has 1 aromatic carbocycles. The largest absolute Gasteiger partial charge is 0.416 e. The van der Waals surface area contributed by atoms with Gasteiger partial charge in [-0.25, -0.2) is 4.98 Å². The van der Waals surface area contributed by atoms with Crippen molar-refractivity contribution in [3.05, 3.63) is 46.4 Å². The average molecular weight is 345 g/mol. The molecule has 0 saturated heterocycles. The smallest absolute Gasteiger partial charge is 0.370 e. The van der Waals surface area contributed by atoms with Crippen LogP contribution in [0.2, 0.25) is 0 Å². The van der Waals surface area contributed by atoms with Gasteiger partial charge in [-0.2, -0.15) is 13.2 Å². The number of benzene rings is 1. The summed E-state index contributed by atoms with van der Waals surface area (Å²) in [5, 5.41) is 2.82. The number of pyridine rings is 1. The van der Waals surface area contributed by atoms with Crippen molar-refractivity contribution >= 4 is 21.7 Å². The van der Waals surface area contributed by atoms with E-state index in [1.165, 1.54) is 0 Å². The Morgan fingerprint density at radius 1 is 1.20 bits per heavy atom. The molecule has 1 aromatic heterocycles. The number of nitrogens with zero attached hydrogens (tertiary/aromatic N) is 1. The van der Waals surface area contributed by atoms with E-state index in [0.717, 1.165) is 12.1 Å². The minimum Gasteiger partial charge on any atom is -0.370 e. The van der Waals surface area contributed by atoms with Crippen LogP contribution >= 0.6 is 15.9 Å². The van der Waals surface area contributed by atoms with Crippen molar-refractivity contribution in [3.8, 4) is 11.3 Å². The van der Waals surface area contributed by atoms with E-state index >= 15 is 0 Å². The van der Waals surface area contributed by atoms with E-state index in [-0.39, 0.29) is 11.5 Å². The number of nitrogens with one attached hydrogen (secondary N) is 1. The minimum absolute atomic E-state index is 0.216. The lowest BCUT2D eigenvalue weighted by atomic mass is 10.1. The molecule has 1 N–H and O–H groups in total. The Balaban J connectivity index is 2.58. The molecule has 2 rings (SSSR count). The highest BCUT2D eigenvalue weighted by atomic mass is 79.9. The third-order valence-electron chi connectivity index (χ3n) is 2.66. The standard InChI is InChI=1S/C14H12BrF3N2/c1-2-19-13-8-9(14(16,17)18)7-12(20-13)10-5-3-4-6-11(10)15/h3-8H,2H2,1H3,(H,19,20). The van der Waals surface area contributed by atoms with Gasteiger partial charge in [-0.15, -0.1) is 0 Å². The number of anilines is 1. The minimum atomic E-state index is -4.40. The molecule has 0 bridgehead atoms. The molecule has 20 heavy (non-hydrogen) atoms. The number of halogens is 4. The van der Waals surface area contributed by atoms with Crippen molar-refractivity contribution in [3.63, 3.8) is 0 Å². The van der Waals surface area contributed by atoms with Gasteiger partial charge in [0, 0.05) is 16.6 Å². The molecule has 106 valence electrons. The zero-order valence-electron chi connectivity index (χ0n) is 10.6. The molecular weight excluding hydrogens is 333 g/mol. The predicted molar refractivity (Wildman–Crippen MR) is 76.5 cm³/mol. The van der Waals surface area contributed by atoms with Gasteiger partial charge >= 0.3 is 6.18 Å². The molecule has 0 atom stereocenters. The Labute approximate surface area is 123 Å². The maximum absolute atomic E-state index is 12.9. The maximum Gasteiger partial charge on any atom is 0.416 e. The number of hydrogen-bond donors (Lipinski definition) is 1. The van der Waals surface area contributed by atoms with Crippen molar-refractivity contribution in [2.24, 2.45) is 0 Å². The van der Waals surface area contributed by atoms with Gasteiger partial charge < -0.3 is 5.32 Å². The van der Waals surface area contributed by atoms with Crippen LogP contribution in [0.15, 0.2) is 40.9 Å². The fourth-order valence-corrected chi connectivity index (χ4v) is 2.26. The normalized spacial score (nSPS) is 11.4. The first-order valence-electron chi connectivity index (χ1n) is 6.00. The second-order valence-corrected chi connectivity index (χ2v) is 4.99. The summed E-state index contributed by atoms with van der Waals surface area (Å²) in [4.78, 5) is 4.23. The summed E-state index contributed by atoms with van der Waals surface area (Å²) >= 11 is 3.33. The first kappa shape index (κ1) is 14.8. The van der Waals surface area contributed by atoms with Gasteiger partial charge in [-0.3, -0.25) is 0 Å². The zero-order valence-corrected chi connectivity index (χ0v) is 12.2. The Bertz CT molecular complexity index is 612. The number of alkyl halides is 3. The van der Waals surface area contributed by atoms with Crippen LogP contribution < -0.4 is 5.32 Å². The van der Waals surface area contributed by atoms with Crippen LogP contribution in [0, 0.1) is 0 Å². The second-order valence-electron chi connectivity index (χ2n) is 4.13. The number of hydrogen-bond acceptors (Lipinski definition) is 2. The van der Waals surface area contributed by atoms with E-state index in [0.29, 0.717) is 16.6 Å². The van der Waals surface area contributed by atoms with Crippen LogP contribution in [0.5, 0.6) is 0 Å². The van der Waals surface area contributed by atoms with Crippen LogP contribution in [0.3, 0.4) is 0 Å². The van der Waals surface area contributed by atoms with Crippen molar-refractivity contribution < 1.29 is 13.2 Å². The molecule has 0 spiro atoms. The third kappa shape index (κ3) is 3.30. The molecule has 0 aliphatic heterocycles. The van der Waals surface area contributed by atoms with Gasteiger partial charge in [0.05, 0.1) is 11.3 Å². The molecule has 0 fully saturated rings. The van der Waals surface area contributed by atoms with E-state index in [1.807, 2.05) is 0 Å². The molecule has 0 unspecified atom stereocenters. The van der Waals surface area contributed by atoms with Gasteiger partial charge in [0.15, 0.2) is 0 Å². The lowest BCUT2D eigenvalue weighted by Gasteiger charge is -2.13. The summed E-state index contributed by atoms with van der Waals surface area (Å²) in [7, 11) is 0. The van der Waals surface area contributed by atoms with Gasteiger partial charge in [-0.1, -0.05) is 34.1 Å². The Kier molecular flexibility index (Phi) is 4.32. The molecule has 0 aliphatic carbocycles. The molecule has 6 heteroatoms. The van der Waals surface area contributed by atoms with Crippen LogP contribution in [-0.4, -0.2) is 11.5 Å². The first-order chi connectivity index (χ1) is 9.41. The Morgan fingerprint density at radius 3 is 2.50 bits per heavy atom. The van der Waals surface area contributed by atoms with Crippen molar-refractivity contribution in [2.45, 2.75) is 13.1 Å². The Hall–Kier alpha value is -1.56. The molecule has 2 nitrogen and oxygen atoms in total. The zero-order chi connectivity index (χ0) is 14.8. The van der Waals surface area contributed by atoms with Crippen molar-refractivity contribution in [2.75, 3.05) is 11.9 Å². The highest BCUT2D eigenvalue weighted by Crippen LogP contribution is 2.35. The molecule has 0 radical (unpaired) electrons. The molecule has 2 aromatic rings. The van der Waals surface area contributed by atoms with Crippen LogP contribution in [0.1, 0.15) is 12.5 Å². The third-order valence-corrected chi connectivity index (χ3v) is 3.35. The summed E-state index contributed by atoms with van der Waals surface area (Å²) in [6, 6.07) is 9.12. The van der Waals surface area contributed by atoms with Crippen LogP contribution in [0.25, 0.3) is 11.3 Å². The van der Waals surface area contributed by atoms with Crippen molar-refractivity contribution in [1.82, 2.24) is 4.98 Å². The maximum atomic E-state index is 12.9. The topological polar surface area (TPSA) is 24.9 Å². The summed E-state index contributed by atoms with van der Waals surface area (Å²) in [6.07, 6.45) is -4.40. The summed E-state index contributed by atoms with van der Waals surface area (Å²) in [5.74, 6) is 0.216. The summed E-state index contributed by atoms with van der Waals surface area (Å²) in [5.41, 5.74) is 0.190. The molecule has 1 heterocycles. The van der Waals surface area contributed by atoms with Gasteiger partial charge in [0.1, 0.15) is 5.82 Å². The molecule has 0 aliphatic rings.